The Labute approximate surface area is 93.4 Å². The number of amides is 2. The summed E-state index contributed by atoms with van der Waals surface area (Å²) < 4.78 is 0. The van der Waals surface area contributed by atoms with Gasteiger partial charge in [-0.1, -0.05) is 25.1 Å². The fourth-order valence-corrected chi connectivity index (χ4v) is 2.39. The molecule has 0 bridgehead atoms. The van der Waals surface area contributed by atoms with Crippen molar-refractivity contribution in [2.45, 2.75) is 13.3 Å². The lowest BCUT2D eigenvalue weighted by Crippen LogP contribution is -2.30. The Morgan fingerprint density at radius 2 is 1.81 bits per heavy atom. The molecule has 2 aliphatic rings. The fourth-order valence-electron chi connectivity index (χ4n) is 2.39. The van der Waals surface area contributed by atoms with Gasteiger partial charge in [-0.05, 0) is 24.5 Å². The highest BCUT2D eigenvalue weighted by Crippen LogP contribution is 2.42. The van der Waals surface area contributed by atoms with Crippen molar-refractivity contribution >= 4 is 17.5 Å². The first kappa shape index (κ1) is 9.33. The molecule has 0 spiro atoms. The van der Waals surface area contributed by atoms with Gasteiger partial charge in [0.2, 0.25) is 0 Å². The van der Waals surface area contributed by atoms with Gasteiger partial charge < -0.3 is 0 Å². The minimum atomic E-state index is -0.135. The number of para-hydroxylation sites is 1. The summed E-state index contributed by atoms with van der Waals surface area (Å²) in [6.07, 6.45) is 0.739. The van der Waals surface area contributed by atoms with Gasteiger partial charge in [-0.2, -0.15) is 0 Å². The first-order chi connectivity index (χ1) is 7.70. The third-order valence-corrected chi connectivity index (χ3v) is 3.24. The zero-order valence-corrected chi connectivity index (χ0v) is 8.93. The maximum Gasteiger partial charge on any atom is 0.262 e. The number of carbonyl (C=O) groups is 2. The molecule has 0 radical (unpaired) electrons. The van der Waals surface area contributed by atoms with Crippen LogP contribution in [-0.2, 0) is 9.59 Å². The first-order valence-corrected chi connectivity index (χ1v) is 5.37. The second-order valence-corrected chi connectivity index (χ2v) is 4.28. The molecule has 80 valence electrons. The van der Waals surface area contributed by atoms with Crippen molar-refractivity contribution in [2.75, 3.05) is 4.90 Å². The third kappa shape index (κ3) is 1.03. The summed E-state index contributed by atoms with van der Waals surface area (Å²) in [4.78, 5) is 25.3. The molecule has 1 aromatic rings. The molecule has 2 amide bonds. The SMILES string of the molecule is CC1CC2=C1C(=O)N(c1ccccc1)C2=O. The molecule has 3 nitrogen and oxygen atoms in total. The molecule has 0 N–H and O–H groups in total. The van der Waals surface area contributed by atoms with E-state index in [1.165, 1.54) is 4.90 Å². The van der Waals surface area contributed by atoms with Gasteiger partial charge in [-0.15, -0.1) is 0 Å². The van der Waals surface area contributed by atoms with Gasteiger partial charge >= 0.3 is 0 Å². The lowest BCUT2D eigenvalue weighted by atomic mass is 9.80. The van der Waals surface area contributed by atoms with E-state index in [1.54, 1.807) is 12.1 Å². The minimum Gasteiger partial charge on any atom is -0.269 e. The molecule has 0 aromatic heterocycles. The van der Waals surface area contributed by atoms with Gasteiger partial charge in [-0.3, -0.25) is 9.59 Å². The van der Waals surface area contributed by atoms with E-state index in [2.05, 4.69) is 0 Å². The Balaban J connectivity index is 2.03. The van der Waals surface area contributed by atoms with Crippen LogP contribution in [-0.4, -0.2) is 11.8 Å². The van der Waals surface area contributed by atoms with Crippen LogP contribution in [0, 0.1) is 5.92 Å². The number of hydrogen-bond donors (Lipinski definition) is 0. The highest BCUT2D eigenvalue weighted by atomic mass is 16.2. The van der Waals surface area contributed by atoms with E-state index in [9.17, 15) is 9.59 Å². The molecular formula is C13H11NO2. The van der Waals surface area contributed by atoms with Gasteiger partial charge in [0.1, 0.15) is 0 Å². The summed E-state index contributed by atoms with van der Waals surface area (Å²) in [6.45, 7) is 1.98. The van der Waals surface area contributed by atoms with E-state index < -0.39 is 0 Å². The molecule has 1 atom stereocenters. The molecule has 1 aliphatic heterocycles. The molecule has 1 aromatic carbocycles. The first-order valence-electron chi connectivity index (χ1n) is 5.37. The van der Waals surface area contributed by atoms with Crippen LogP contribution >= 0.6 is 0 Å². The molecule has 0 saturated heterocycles. The molecule has 1 aliphatic carbocycles. The summed E-state index contributed by atoms with van der Waals surface area (Å²) in [7, 11) is 0. The maximum absolute atomic E-state index is 12.0. The second kappa shape index (κ2) is 3.04. The summed E-state index contributed by atoms with van der Waals surface area (Å²) in [5.74, 6) is -0.0330. The van der Waals surface area contributed by atoms with E-state index in [1.807, 2.05) is 25.1 Å². The largest absolute Gasteiger partial charge is 0.269 e. The van der Waals surface area contributed by atoms with Crippen molar-refractivity contribution in [3.63, 3.8) is 0 Å². The molecule has 1 heterocycles. The van der Waals surface area contributed by atoms with E-state index in [0.717, 1.165) is 6.42 Å². The van der Waals surface area contributed by atoms with Crippen molar-refractivity contribution in [2.24, 2.45) is 5.92 Å². The number of benzene rings is 1. The van der Waals surface area contributed by atoms with Crippen LogP contribution in [0.3, 0.4) is 0 Å². The Kier molecular flexibility index (Phi) is 1.78. The second-order valence-electron chi connectivity index (χ2n) is 4.28. The Morgan fingerprint density at radius 1 is 1.12 bits per heavy atom. The van der Waals surface area contributed by atoms with Crippen molar-refractivity contribution in [3.05, 3.63) is 41.5 Å². The number of rotatable bonds is 1. The smallest absolute Gasteiger partial charge is 0.262 e. The van der Waals surface area contributed by atoms with Gasteiger partial charge in [-0.25, -0.2) is 4.90 Å². The number of carbonyl (C=O) groups excluding carboxylic acids is 2. The topological polar surface area (TPSA) is 37.4 Å². The zero-order valence-electron chi connectivity index (χ0n) is 8.93. The van der Waals surface area contributed by atoms with Gasteiger partial charge in [0.25, 0.3) is 11.8 Å². The van der Waals surface area contributed by atoms with Crippen LogP contribution in [0.2, 0.25) is 0 Å². The highest BCUT2D eigenvalue weighted by Gasteiger charge is 2.47. The van der Waals surface area contributed by atoms with Crippen LogP contribution in [0.1, 0.15) is 13.3 Å². The Bertz CT molecular complexity index is 516. The standard InChI is InChI=1S/C13H11NO2/c1-8-7-10-11(8)13(16)14(12(10)15)9-5-3-2-4-6-9/h2-6,8H,7H2,1H3. The highest BCUT2D eigenvalue weighted by molar-refractivity contribution is 6.34. The van der Waals surface area contributed by atoms with Gasteiger partial charge in [0.05, 0.1) is 5.69 Å². The van der Waals surface area contributed by atoms with Crippen LogP contribution in [0.25, 0.3) is 0 Å². The third-order valence-electron chi connectivity index (χ3n) is 3.24. The number of imide groups is 1. The average molecular weight is 213 g/mol. The molecule has 3 heteroatoms. The van der Waals surface area contributed by atoms with Crippen LogP contribution in [0.4, 0.5) is 5.69 Å². The van der Waals surface area contributed by atoms with Gasteiger partial charge in [0.15, 0.2) is 0 Å². The maximum atomic E-state index is 12.0. The number of anilines is 1. The van der Waals surface area contributed by atoms with Gasteiger partial charge in [0, 0.05) is 11.1 Å². The van der Waals surface area contributed by atoms with Crippen molar-refractivity contribution < 1.29 is 9.59 Å². The Morgan fingerprint density at radius 3 is 2.38 bits per heavy atom. The monoisotopic (exact) mass is 213 g/mol. The Hall–Kier alpha value is -1.90. The lowest BCUT2D eigenvalue weighted by molar-refractivity contribution is -0.120. The summed E-state index contributed by atoms with van der Waals surface area (Å²) in [6, 6.07) is 9.09. The molecule has 0 fully saturated rings. The average Bonchev–Trinajstić information content (AvgIpc) is 2.46. The minimum absolute atomic E-state index is 0.134. The molecule has 3 rings (SSSR count). The van der Waals surface area contributed by atoms with Crippen molar-refractivity contribution in [3.8, 4) is 0 Å². The van der Waals surface area contributed by atoms with Crippen LogP contribution in [0.5, 0.6) is 0 Å². The summed E-state index contributed by atoms with van der Waals surface area (Å²) in [5, 5.41) is 0. The molecule has 0 saturated carbocycles. The zero-order chi connectivity index (χ0) is 11.3. The van der Waals surface area contributed by atoms with Crippen LogP contribution in [0.15, 0.2) is 41.5 Å². The normalized spacial score (nSPS) is 23.6. The number of nitrogens with zero attached hydrogens (tertiary/aromatic N) is 1. The quantitative estimate of drug-likeness (QED) is 0.668. The molecular weight excluding hydrogens is 202 g/mol. The van der Waals surface area contributed by atoms with Crippen molar-refractivity contribution in [1.29, 1.82) is 0 Å². The van der Waals surface area contributed by atoms with E-state index in [0.29, 0.717) is 16.8 Å². The molecule has 1 unspecified atom stereocenters. The summed E-state index contributed by atoms with van der Waals surface area (Å²) >= 11 is 0. The molecule has 16 heavy (non-hydrogen) atoms. The van der Waals surface area contributed by atoms with Crippen LogP contribution < -0.4 is 4.90 Å². The predicted molar refractivity (Wildman–Crippen MR) is 59.7 cm³/mol. The number of hydrogen-bond acceptors (Lipinski definition) is 2. The van der Waals surface area contributed by atoms with Crippen molar-refractivity contribution in [1.82, 2.24) is 0 Å². The predicted octanol–water partition coefficient (Wildman–Crippen LogP) is 1.90. The van der Waals surface area contributed by atoms with E-state index in [-0.39, 0.29) is 17.7 Å². The van der Waals surface area contributed by atoms with E-state index in [4.69, 9.17) is 0 Å². The summed E-state index contributed by atoms with van der Waals surface area (Å²) in [5.41, 5.74) is 2.09. The van der Waals surface area contributed by atoms with E-state index >= 15 is 0 Å². The fraction of sp³-hybridized carbons (Fsp3) is 0.231. The lowest BCUT2D eigenvalue weighted by Gasteiger charge is -2.20.